The van der Waals surface area contributed by atoms with Crippen LogP contribution in [0.4, 0.5) is 0 Å². The number of hydrogen-bond acceptors (Lipinski definition) is 3. The number of Topliss-reactive ketones (excluding diaryl/α,β-unsaturated/α-hetero) is 1. The van der Waals surface area contributed by atoms with Gasteiger partial charge in [0.05, 0.1) is 0 Å². The maximum atomic E-state index is 13.7. The van der Waals surface area contributed by atoms with Crippen LogP contribution in [0.2, 0.25) is 0 Å². The van der Waals surface area contributed by atoms with Crippen LogP contribution < -0.4 is 0 Å². The summed E-state index contributed by atoms with van der Waals surface area (Å²) in [6.07, 6.45) is 13.0. The highest BCUT2D eigenvalue weighted by Crippen LogP contribution is 2.68. The zero-order chi connectivity index (χ0) is 23.3. The first-order valence-corrected chi connectivity index (χ1v) is 13.8. The van der Waals surface area contributed by atoms with E-state index in [4.69, 9.17) is 4.74 Å². The summed E-state index contributed by atoms with van der Waals surface area (Å²) in [6.45, 7) is 13.5. The lowest BCUT2D eigenvalue weighted by atomic mass is 9.44. The van der Waals surface area contributed by atoms with Crippen molar-refractivity contribution < 1.29 is 14.3 Å². The summed E-state index contributed by atoms with van der Waals surface area (Å²) >= 11 is 0. The Morgan fingerprint density at radius 3 is 2.47 bits per heavy atom. The highest BCUT2D eigenvalue weighted by Gasteiger charge is 2.65. The van der Waals surface area contributed by atoms with Gasteiger partial charge in [0.15, 0.2) is 0 Å². The lowest BCUT2D eigenvalue weighted by Crippen LogP contribution is -2.56. The van der Waals surface area contributed by atoms with Gasteiger partial charge in [0, 0.05) is 25.2 Å². The minimum absolute atomic E-state index is 0.0139. The highest BCUT2D eigenvalue weighted by atomic mass is 16.5. The minimum Gasteiger partial charge on any atom is -0.462 e. The Hall–Kier alpha value is -0.860. The predicted octanol–water partition coefficient (Wildman–Crippen LogP) is 7.22. The highest BCUT2D eigenvalue weighted by molar-refractivity contribution is 5.83. The summed E-state index contributed by atoms with van der Waals surface area (Å²) in [4.78, 5) is 25.7. The summed E-state index contributed by atoms with van der Waals surface area (Å²) in [5.41, 5.74) is 0.460. The lowest BCUT2D eigenvalue weighted by Gasteiger charge is -2.59. The van der Waals surface area contributed by atoms with Crippen molar-refractivity contribution in [3.63, 3.8) is 0 Å². The van der Waals surface area contributed by atoms with Gasteiger partial charge >= 0.3 is 5.97 Å². The second kappa shape index (κ2) is 9.06. The van der Waals surface area contributed by atoms with Crippen LogP contribution in [0, 0.1) is 52.3 Å². The van der Waals surface area contributed by atoms with Crippen molar-refractivity contribution in [3.8, 4) is 0 Å². The fraction of sp³-hybridized carbons (Fsp3) is 0.931. The van der Waals surface area contributed by atoms with Crippen LogP contribution in [0.15, 0.2) is 0 Å². The molecular formula is C29H48O3. The van der Waals surface area contributed by atoms with Crippen LogP contribution in [-0.4, -0.2) is 17.9 Å². The lowest BCUT2D eigenvalue weighted by molar-refractivity contribution is -0.157. The molecule has 0 aromatic carbocycles. The Morgan fingerprint density at radius 1 is 1.03 bits per heavy atom. The maximum absolute atomic E-state index is 13.7. The van der Waals surface area contributed by atoms with Crippen molar-refractivity contribution >= 4 is 11.8 Å². The molecule has 0 heterocycles. The fourth-order valence-electron chi connectivity index (χ4n) is 9.37. The van der Waals surface area contributed by atoms with E-state index in [-0.39, 0.29) is 23.4 Å². The third-order valence-corrected chi connectivity index (χ3v) is 10.8. The molecule has 182 valence electrons. The van der Waals surface area contributed by atoms with Crippen LogP contribution in [0.1, 0.15) is 112 Å². The van der Waals surface area contributed by atoms with E-state index >= 15 is 0 Å². The first kappa shape index (κ1) is 24.3. The number of fused-ring (bicyclic) bond motifs is 5. The molecule has 0 radical (unpaired) electrons. The van der Waals surface area contributed by atoms with E-state index in [1.54, 1.807) is 6.92 Å². The molecular weight excluding hydrogens is 396 g/mol. The zero-order valence-electron chi connectivity index (χ0n) is 21.6. The first-order chi connectivity index (χ1) is 15.1. The molecule has 4 aliphatic carbocycles. The molecule has 32 heavy (non-hydrogen) atoms. The average molecular weight is 445 g/mol. The third kappa shape index (κ3) is 4.09. The molecule has 0 spiro atoms. The van der Waals surface area contributed by atoms with Crippen LogP contribution in [0.3, 0.4) is 0 Å². The summed E-state index contributed by atoms with van der Waals surface area (Å²) < 4.78 is 6.03. The average Bonchev–Trinajstić information content (AvgIpc) is 2.99. The fourth-order valence-corrected chi connectivity index (χ4v) is 9.37. The number of carbonyl (C=O) groups is 2. The molecule has 0 N–H and O–H groups in total. The van der Waals surface area contributed by atoms with Gasteiger partial charge in [-0.1, -0.05) is 66.7 Å². The van der Waals surface area contributed by atoms with E-state index < -0.39 is 0 Å². The molecule has 0 aromatic rings. The van der Waals surface area contributed by atoms with Gasteiger partial charge in [-0.25, -0.2) is 0 Å². The summed E-state index contributed by atoms with van der Waals surface area (Å²) in [6, 6.07) is 0. The Balaban J connectivity index is 1.61. The van der Waals surface area contributed by atoms with Crippen LogP contribution in [0.5, 0.6) is 0 Å². The van der Waals surface area contributed by atoms with Crippen molar-refractivity contribution in [3.05, 3.63) is 0 Å². The number of hydrogen-bond donors (Lipinski definition) is 0. The van der Waals surface area contributed by atoms with E-state index in [1.807, 2.05) is 0 Å². The van der Waals surface area contributed by atoms with E-state index in [2.05, 4.69) is 34.6 Å². The Bertz CT molecular complexity index is 713. The van der Waals surface area contributed by atoms with Gasteiger partial charge in [-0.15, -0.1) is 0 Å². The maximum Gasteiger partial charge on any atom is 0.302 e. The van der Waals surface area contributed by atoms with E-state index in [1.165, 1.54) is 57.8 Å². The van der Waals surface area contributed by atoms with Crippen molar-refractivity contribution in [2.75, 3.05) is 0 Å². The largest absolute Gasteiger partial charge is 0.462 e. The molecule has 2 unspecified atom stereocenters. The molecule has 4 saturated carbocycles. The number of rotatable bonds is 6. The molecule has 0 aromatic heterocycles. The molecule has 3 nitrogen and oxygen atoms in total. The van der Waals surface area contributed by atoms with Crippen LogP contribution in [0.25, 0.3) is 0 Å². The van der Waals surface area contributed by atoms with Gasteiger partial charge in [-0.2, -0.15) is 0 Å². The monoisotopic (exact) mass is 444 g/mol. The molecule has 4 aliphatic rings. The van der Waals surface area contributed by atoms with Gasteiger partial charge in [0.25, 0.3) is 0 Å². The number of ether oxygens (including phenoxy) is 1. The van der Waals surface area contributed by atoms with Crippen molar-refractivity contribution in [2.45, 2.75) is 118 Å². The van der Waals surface area contributed by atoms with Gasteiger partial charge in [-0.3, -0.25) is 9.59 Å². The second-order valence-electron chi connectivity index (χ2n) is 13.1. The molecule has 4 fully saturated rings. The molecule has 3 heteroatoms. The quantitative estimate of drug-likeness (QED) is 0.406. The van der Waals surface area contributed by atoms with Crippen molar-refractivity contribution in [1.29, 1.82) is 0 Å². The SMILES string of the molecule is CC(=O)OC1C[C@H]2[C@@H]3C(=O)CC4CCCC[C@]4(C)[C@H]3CC[C@]2(C)[C@H]1[C@H](C)CCCC(C)C. The summed E-state index contributed by atoms with van der Waals surface area (Å²) in [5, 5.41) is 0. The zero-order valence-corrected chi connectivity index (χ0v) is 21.6. The molecule has 4 rings (SSSR count). The Kier molecular flexibility index (Phi) is 6.87. The number of ketones is 1. The van der Waals surface area contributed by atoms with E-state index in [9.17, 15) is 9.59 Å². The van der Waals surface area contributed by atoms with E-state index in [0.717, 1.165) is 18.8 Å². The molecule has 0 saturated heterocycles. The summed E-state index contributed by atoms with van der Waals surface area (Å²) in [5.74, 6) is 3.76. The minimum atomic E-state index is -0.151. The summed E-state index contributed by atoms with van der Waals surface area (Å²) in [7, 11) is 0. The van der Waals surface area contributed by atoms with Crippen LogP contribution in [-0.2, 0) is 14.3 Å². The topological polar surface area (TPSA) is 43.4 Å². The standard InChI is InChI=1S/C29H48O3/c1-18(2)10-9-11-19(3)27-25(32-20(4)30)17-23-26-22(13-15-29(23,27)6)28(5)14-8-7-12-21(28)16-24(26)31/h18-19,21-23,25-27H,7-17H2,1-6H3/t19-,21?,22+,23+,25?,26-,27+,28+,29+/m1/s1. The number of esters is 1. The van der Waals surface area contributed by atoms with Gasteiger partial charge in [0.1, 0.15) is 11.9 Å². The Morgan fingerprint density at radius 2 is 1.78 bits per heavy atom. The molecule has 0 aliphatic heterocycles. The van der Waals surface area contributed by atoms with Gasteiger partial charge in [0.2, 0.25) is 0 Å². The van der Waals surface area contributed by atoms with Gasteiger partial charge in [-0.05, 0) is 72.5 Å². The van der Waals surface area contributed by atoms with Crippen molar-refractivity contribution in [1.82, 2.24) is 0 Å². The smallest absolute Gasteiger partial charge is 0.302 e. The van der Waals surface area contributed by atoms with Crippen LogP contribution >= 0.6 is 0 Å². The first-order valence-electron chi connectivity index (χ1n) is 13.8. The molecule has 0 amide bonds. The molecule has 0 bridgehead atoms. The van der Waals surface area contributed by atoms with Gasteiger partial charge < -0.3 is 4.74 Å². The van der Waals surface area contributed by atoms with E-state index in [0.29, 0.717) is 40.8 Å². The predicted molar refractivity (Wildman–Crippen MR) is 129 cm³/mol. The second-order valence-corrected chi connectivity index (χ2v) is 13.1. The normalized spacial score (nSPS) is 44.5. The molecule has 9 atom stereocenters. The third-order valence-electron chi connectivity index (χ3n) is 10.8. The number of carbonyl (C=O) groups excluding carboxylic acids is 2. The Labute approximate surface area is 196 Å². The van der Waals surface area contributed by atoms with Crippen molar-refractivity contribution in [2.24, 2.45) is 52.3 Å².